The fraction of sp³-hybridized carbons (Fsp3) is 0.160. The minimum absolute atomic E-state index is 0.106. The summed E-state index contributed by atoms with van der Waals surface area (Å²) in [6, 6.07) is 14.8. The zero-order valence-corrected chi connectivity index (χ0v) is 18.6. The molecule has 9 heteroatoms. The molecule has 0 aliphatic heterocycles. The minimum Gasteiger partial charge on any atom is -0.479 e. The van der Waals surface area contributed by atoms with Crippen LogP contribution in [0.25, 0.3) is 22.7 Å². The SMILES string of the molecule is CC=CC(C)C(=O)Nc1ccc(-c2nc3c(NC(C(=O)O)c4ccccc4)ncnc3o2)cc1. The van der Waals surface area contributed by atoms with Gasteiger partial charge < -0.3 is 20.2 Å². The molecule has 4 aromatic rings. The van der Waals surface area contributed by atoms with Crippen molar-refractivity contribution in [1.82, 2.24) is 15.0 Å². The molecule has 0 spiro atoms. The number of fused-ring (bicyclic) bond motifs is 1. The fourth-order valence-corrected chi connectivity index (χ4v) is 3.38. The van der Waals surface area contributed by atoms with Crippen LogP contribution in [0.15, 0.2) is 77.5 Å². The maximum Gasteiger partial charge on any atom is 0.330 e. The third kappa shape index (κ3) is 4.93. The number of aliphatic carboxylic acids is 1. The van der Waals surface area contributed by atoms with Gasteiger partial charge in [0.25, 0.3) is 5.71 Å². The summed E-state index contributed by atoms with van der Waals surface area (Å²) in [5, 5.41) is 15.5. The maximum absolute atomic E-state index is 12.2. The van der Waals surface area contributed by atoms with E-state index in [1.807, 2.05) is 32.1 Å². The molecule has 0 aliphatic rings. The molecule has 3 N–H and O–H groups in total. The molecule has 2 aromatic carbocycles. The number of hydrogen-bond acceptors (Lipinski definition) is 7. The Bertz CT molecular complexity index is 1330. The lowest BCUT2D eigenvalue weighted by Gasteiger charge is -2.15. The molecule has 2 unspecified atom stereocenters. The van der Waals surface area contributed by atoms with E-state index in [1.54, 1.807) is 48.5 Å². The topological polar surface area (TPSA) is 130 Å². The first-order valence-corrected chi connectivity index (χ1v) is 10.7. The van der Waals surface area contributed by atoms with Crippen molar-refractivity contribution in [3.8, 4) is 11.5 Å². The highest BCUT2D eigenvalue weighted by Gasteiger charge is 2.23. The second kappa shape index (κ2) is 9.95. The lowest BCUT2D eigenvalue weighted by molar-refractivity contribution is -0.138. The second-order valence-electron chi connectivity index (χ2n) is 7.60. The smallest absolute Gasteiger partial charge is 0.330 e. The van der Waals surface area contributed by atoms with Crippen molar-refractivity contribution in [1.29, 1.82) is 0 Å². The van der Waals surface area contributed by atoms with Crippen molar-refractivity contribution in [2.24, 2.45) is 5.92 Å². The van der Waals surface area contributed by atoms with Gasteiger partial charge in [0.05, 0.1) is 5.92 Å². The number of carbonyl (C=O) groups is 2. The molecule has 0 radical (unpaired) electrons. The third-order valence-corrected chi connectivity index (χ3v) is 5.15. The maximum atomic E-state index is 12.2. The molecule has 0 aliphatic carbocycles. The summed E-state index contributed by atoms with van der Waals surface area (Å²) in [7, 11) is 0. The number of anilines is 2. The van der Waals surface area contributed by atoms with E-state index in [0.29, 0.717) is 28.2 Å². The van der Waals surface area contributed by atoms with Gasteiger partial charge in [-0.05, 0) is 36.8 Å². The van der Waals surface area contributed by atoms with Gasteiger partial charge in [0, 0.05) is 11.3 Å². The number of carboxylic acids is 1. The number of benzene rings is 2. The van der Waals surface area contributed by atoms with Crippen molar-refractivity contribution in [3.05, 3.63) is 78.6 Å². The molecular weight excluding hydrogens is 434 g/mol. The van der Waals surface area contributed by atoms with E-state index in [4.69, 9.17) is 4.42 Å². The number of oxazole rings is 1. The molecule has 4 rings (SSSR count). The van der Waals surface area contributed by atoms with Crippen LogP contribution in [0.2, 0.25) is 0 Å². The normalized spacial score (nSPS) is 13.0. The Labute approximate surface area is 195 Å². The fourth-order valence-electron chi connectivity index (χ4n) is 3.38. The van der Waals surface area contributed by atoms with Gasteiger partial charge in [0.15, 0.2) is 17.4 Å². The third-order valence-electron chi connectivity index (χ3n) is 5.15. The quantitative estimate of drug-likeness (QED) is 0.325. The monoisotopic (exact) mass is 457 g/mol. The molecule has 9 nitrogen and oxygen atoms in total. The minimum atomic E-state index is -1.05. The summed E-state index contributed by atoms with van der Waals surface area (Å²) in [5.41, 5.74) is 2.43. The Morgan fingerprint density at radius 1 is 1.06 bits per heavy atom. The van der Waals surface area contributed by atoms with Crippen molar-refractivity contribution < 1.29 is 19.1 Å². The van der Waals surface area contributed by atoms with E-state index in [9.17, 15) is 14.7 Å². The zero-order valence-electron chi connectivity index (χ0n) is 18.6. The van der Waals surface area contributed by atoms with Gasteiger partial charge in [0.1, 0.15) is 6.33 Å². The van der Waals surface area contributed by atoms with Crippen molar-refractivity contribution >= 4 is 34.6 Å². The number of carbonyl (C=O) groups excluding carboxylic acids is 1. The van der Waals surface area contributed by atoms with Gasteiger partial charge in [-0.3, -0.25) is 4.79 Å². The highest BCUT2D eigenvalue weighted by atomic mass is 16.4. The number of hydrogen-bond donors (Lipinski definition) is 3. The summed E-state index contributed by atoms with van der Waals surface area (Å²) in [6.07, 6.45) is 4.95. The Kier molecular flexibility index (Phi) is 6.63. The summed E-state index contributed by atoms with van der Waals surface area (Å²) in [4.78, 5) is 36.8. The lowest BCUT2D eigenvalue weighted by atomic mass is 10.1. The van der Waals surface area contributed by atoms with Crippen LogP contribution in [-0.4, -0.2) is 31.9 Å². The molecule has 2 atom stereocenters. The van der Waals surface area contributed by atoms with Crippen molar-refractivity contribution in [2.45, 2.75) is 19.9 Å². The van der Waals surface area contributed by atoms with E-state index in [2.05, 4.69) is 25.6 Å². The highest BCUT2D eigenvalue weighted by Crippen LogP contribution is 2.29. The van der Waals surface area contributed by atoms with E-state index >= 15 is 0 Å². The first-order chi connectivity index (χ1) is 16.5. The molecule has 1 amide bonds. The first-order valence-electron chi connectivity index (χ1n) is 10.7. The predicted octanol–water partition coefficient (Wildman–Crippen LogP) is 4.67. The van der Waals surface area contributed by atoms with E-state index in [-0.39, 0.29) is 23.4 Å². The number of allylic oxidation sites excluding steroid dienone is 1. The standard InChI is InChI=1S/C25H23N5O4/c1-3-7-15(2)22(31)28-18-12-10-17(11-13-18)23-30-20-21(26-14-27-24(20)34-23)29-19(25(32)33)16-8-5-4-6-9-16/h3-15,19H,1-2H3,(H,28,31)(H,32,33)(H,26,27,29). The van der Waals surface area contributed by atoms with Gasteiger partial charge in [-0.1, -0.05) is 49.4 Å². The van der Waals surface area contributed by atoms with Gasteiger partial charge in [-0.15, -0.1) is 0 Å². The lowest BCUT2D eigenvalue weighted by Crippen LogP contribution is -2.21. The molecule has 34 heavy (non-hydrogen) atoms. The number of amides is 1. The summed E-state index contributed by atoms with van der Waals surface area (Å²) in [5.74, 6) is -0.853. The number of rotatable bonds is 8. The number of carboxylic acid groups (broad SMARTS) is 1. The van der Waals surface area contributed by atoms with Crippen molar-refractivity contribution in [2.75, 3.05) is 10.6 Å². The van der Waals surface area contributed by atoms with E-state index in [0.717, 1.165) is 0 Å². The Balaban J connectivity index is 1.58. The van der Waals surface area contributed by atoms with Gasteiger partial charge in [-0.25, -0.2) is 14.8 Å². The van der Waals surface area contributed by atoms with Crippen LogP contribution in [0.4, 0.5) is 11.5 Å². The molecule has 0 fully saturated rings. The second-order valence-corrected chi connectivity index (χ2v) is 7.60. The Hall–Kier alpha value is -4.53. The van der Waals surface area contributed by atoms with E-state index in [1.165, 1.54) is 6.33 Å². The molecule has 172 valence electrons. The average Bonchev–Trinajstić information content (AvgIpc) is 3.28. The molecule has 0 saturated carbocycles. The van der Waals surface area contributed by atoms with Crippen LogP contribution in [0.3, 0.4) is 0 Å². The van der Waals surface area contributed by atoms with Crippen LogP contribution in [0.5, 0.6) is 0 Å². The van der Waals surface area contributed by atoms with Crippen LogP contribution >= 0.6 is 0 Å². The predicted molar refractivity (Wildman–Crippen MR) is 128 cm³/mol. The van der Waals surface area contributed by atoms with Crippen LogP contribution in [-0.2, 0) is 9.59 Å². The van der Waals surface area contributed by atoms with Gasteiger partial charge in [0.2, 0.25) is 11.8 Å². The number of nitrogens with zero attached hydrogens (tertiary/aromatic N) is 3. The van der Waals surface area contributed by atoms with E-state index < -0.39 is 12.0 Å². The Morgan fingerprint density at radius 2 is 1.79 bits per heavy atom. The number of aromatic nitrogens is 3. The summed E-state index contributed by atoms with van der Waals surface area (Å²) < 4.78 is 5.79. The average molecular weight is 457 g/mol. The first kappa shape index (κ1) is 22.7. The summed E-state index contributed by atoms with van der Waals surface area (Å²) >= 11 is 0. The van der Waals surface area contributed by atoms with Crippen LogP contribution in [0, 0.1) is 5.92 Å². The number of nitrogens with one attached hydrogen (secondary N) is 2. The molecular formula is C25H23N5O4. The largest absolute Gasteiger partial charge is 0.479 e. The molecule has 2 heterocycles. The van der Waals surface area contributed by atoms with Crippen molar-refractivity contribution in [3.63, 3.8) is 0 Å². The highest BCUT2D eigenvalue weighted by molar-refractivity contribution is 5.93. The zero-order chi connectivity index (χ0) is 24.1. The molecule has 0 saturated heterocycles. The van der Waals surface area contributed by atoms with Gasteiger partial charge >= 0.3 is 5.97 Å². The van der Waals surface area contributed by atoms with Crippen LogP contribution in [0.1, 0.15) is 25.5 Å². The Morgan fingerprint density at radius 3 is 2.47 bits per heavy atom. The molecule has 0 bridgehead atoms. The van der Waals surface area contributed by atoms with Gasteiger partial charge in [-0.2, -0.15) is 4.98 Å². The molecule has 2 aromatic heterocycles. The van der Waals surface area contributed by atoms with Crippen LogP contribution < -0.4 is 10.6 Å². The summed E-state index contributed by atoms with van der Waals surface area (Å²) in [6.45, 7) is 3.69.